The number of aliphatic carboxylic acids is 1. The summed E-state index contributed by atoms with van der Waals surface area (Å²) in [5.74, 6) is -0.193. The maximum absolute atomic E-state index is 10.5. The highest BCUT2D eigenvalue weighted by molar-refractivity contribution is 6.30. The van der Waals surface area contributed by atoms with Gasteiger partial charge in [0.15, 0.2) is 0 Å². The van der Waals surface area contributed by atoms with Gasteiger partial charge in [0.25, 0.3) is 0 Å². The van der Waals surface area contributed by atoms with E-state index in [0.717, 1.165) is 11.3 Å². The first-order valence-electron chi connectivity index (χ1n) is 6.54. The van der Waals surface area contributed by atoms with Gasteiger partial charge in [-0.2, -0.15) is 0 Å². The molecule has 0 saturated carbocycles. The maximum atomic E-state index is 10.5. The first kappa shape index (κ1) is 15.1. The second kappa shape index (κ2) is 7.50. The quantitative estimate of drug-likeness (QED) is 0.732. The normalized spacial score (nSPS) is 10.1. The Morgan fingerprint density at radius 3 is 2.67 bits per heavy atom. The number of benzene rings is 1. The largest absolute Gasteiger partial charge is 0.481 e. The molecule has 2 aromatic rings. The summed E-state index contributed by atoms with van der Waals surface area (Å²) >= 11 is 5.85. The molecule has 110 valence electrons. The van der Waals surface area contributed by atoms with Gasteiger partial charge in [-0.25, -0.2) is 4.98 Å². The fourth-order valence-electron chi connectivity index (χ4n) is 1.78. The SMILES string of the molecule is O=C(O)CCNc1ncccc1NCc1ccc(Cl)cc1. The number of hydrogen-bond donors (Lipinski definition) is 3. The van der Waals surface area contributed by atoms with E-state index in [1.165, 1.54) is 0 Å². The van der Waals surface area contributed by atoms with Crippen molar-refractivity contribution in [1.29, 1.82) is 0 Å². The van der Waals surface area contributed by atoms with Crippen LogP contribution in [0.5, 0.6) is 0 Å². The summed E-state index contributed by atoms with van der Waals surface area (Å²) < 4.78 is 0. The van der Waals surface area contributed by atoms with Crippen molar-refractivity contribution in [2.75, 3.05) is 17.2 Å². The van der Waals surface area contributed by atoms with Gasteiger partial charge in [0.1, 0.15) is 5.82 Å². The highest BCUT2D eigenvalue weighted by atomic mass is 35.5. The number of anilines is 2. The van der Waals surface area contributed by atoms with Crippen LogP contribution in [0, 0.1) is 0 Å². The Morgan fingerprint density at radius 2 is 1.95 bits per heavy atom. The van der Waals surface area contributed by atoms with Crippen LogP contribution in [-0.2, 0) is 11.3 Å². The van der Waals surface area contributed by atoms with E-state index in [9.17, 15) is 4.79 Å². The van der Waals surface area contributed by atoms with Gasteiger partial charge in [-0.3, -0.25) is 4.79 Å². The molecule has 0 aliphatic carbocycles. The predicted molar refractivity (Wildman–Crippen MR) is 83.8 cm³/mol. The molecule has 1 aromatic carbocycles. The van der Waals surface area contributed by atoms with Crippen LogP contribution < -0.4 is 10.6 Å². The average Bonchev–Trinajstić information content (AvgIpc) is 2.47. The molecule has 1 aromatic heterocycles. The lowest BCUT2D eigenvalue weighted by Crippen LogP contribution is -2.11. The molecule has 0 saturated heterocycles. The van der Waals surface area contributed by atoms with E-state index >= 15 is 0 Å². The van der Waals surface area contributed by atoms with Gasteiger partial charge in [0.2, 0.25) is 0 Å². The summed E-state index contributed by atoms with van der Waals surface area (Å²) in [7, 11) is 0. The number of carbonyl (C=O) groups is 1. The van der Waals surface area contributed by atoms with Crippen LogP contribution in [-0.4, -0.2) is 22.6 Å². The molecule has 0 amide bonds. The summed E-state index contributed by atoms with van der Waals surface area (Å²) in [4.78, 5) is 14.7. The van der Waals surface area contributed by atoms with Crippen LogP contribution >= 0.6 is 11.6 Å². The summed E-state index contributed by atoms with van der Waals surface area (Å²) in [5, 5.41) is 15.6. The minimum atomic E-state index is -0.839. The minimum absolute atomic E-state index is 0.0488. The third-order valence-corrected chi connectivity index (χ3v) is 3.09. The molecule has 3 N–H and O–H groups in total. The van der Waals surface area contributed by atoms with E-state index in [1.54, 1.807) is 6.20 Å². The van der Waals surface area contributed by atoms with E-state index in [-0.39, 0.29) is 6.42 Å². The molecule has 0 fully saturated rings. The Balaban J connectivity index is 1.96. The molecule has 0 spiro atoms. The number of hydrogen-bond acceptors (Lipinski definition) is 4. The predicted octanol–water partition coefficient (Wildman–Crippen LogP) is 3.23. The van der Waals surface area contributed by atoms with Crippen molar-refractivity contribution in [2.45, 2.75) is 13.0 Å². The van der Waals surface area contributed by atoms with Gasteiger partial charge in [-0.05, 0) is 29.8 Å². The van der Waals surface area contributed by atoms with E-state index in [0.29, 0.717) is 23.9 Å². The Kier molecular flexibility index (Phi) is 5.40. The summed E-state index contributed by atoms with van der Waals surface area (Å²) in [6.45, 7) is 0.971. The zero-order chi connectivity index (χ0) is 15.1. The van der Waals surface area contributed by atoms with Crippen LogP contribution in [0.1, 0.15) is 12.0 Å². The van der Waals surface area contributed by atoms with Gasteiger partial charge in [0, 0.05) is 24.3 Å². The molecule has 5 nitrogen and oxygen atoms in total. The van der Waals surface area contributed by atoms with Crippen molar-refractivity contribution in [1.82, 2.24) is 4.98 Å². The molecular weight excluding hydrogens is 290 g/mol. The smallest absolute Gasteiger partial charge is 0.305 e. The fourth-order valence-corrected chi connectivity index (χ4v) is 1.90. The van der Waals surface area contributed by atoms with Crippen molar-refractivity contribution in [3.05, 3.63) is 53.2 Å². The molecule has 0 radical (unpaired) electrons. The molecule has 2 rings (SSSR count). The third kappa shape index (κ3) is 4.96. The third-order valence-electron chi connectivity index (χ3n) is 2.84. The number of aromatic nitrogens is 1. The van der Waals surface area contributed by atoms with Crippen LogP contribution in [0.4, 0.5) is 11.5 Å². The lowest BCUT2D eigenvalue weighted by Gasteiger charge is -2.12. The molecule has 21 heavy (non-hydrogen) atoms. The Labute approximate surface area is 128 Å². The maximum Gasteiger partial charge on any atom is 0.305 e. The highest BCUT2D eigenvalue weighted by Gasteiger charge is 2.04. The first-order valence-corrected chi connectivity index (χ1v) is 6.92. The van der Waals surface area contributed by atoms with Gasteiger partial charge < -0.3 is 15.7 Å². The Morgan fingerprint density at radius 1 is 1.19 bits per heavy atom. The van der Waals surface area contributed by atoms with Gasteiger partial charge >= 0.3 is 5.97 Å². The van der Waals surface area contributed by atoms with Gasteiger partial charge in [-0.15, -0.1) is 0 Å². The van der Waals surface area contributed by atoms with Crippen LogP contribution in [0.25, 0.3) is 0 Å². The molecule has 0 aliphatic heterocycles. The van der Waals surface area contributed by atoms with E-state index in [2.05, 4.69) is 15.6 Å². The van der Waals surface area contributed by atoms with Crippen molar-refractivity contribution in [3.63, 3.8) is 0 Å². The Bertz CT molecular complexity index is 602. The topological polar surface area (TPSA) is 74.2 Å². The molecule has 0 unspecified atom stereocenters. The Hall–Kier alpha value is -2.27. The van der Waals surface area contributed by atoms with E-state index in [1.807, 2.05) is 36.4 Å². The summed E-state index contributed by atoms with van der Waals surface area (Å²) in [6.07, 6.45) is 1.71. The fraction of sp³-hybridized carbons (Fsp3) is 0.200. The van der Waals surface area contributed by atoms with Crippen molar-refractivity contribution >= 4 is 29.1 Å². The van der Waals surface area contributed by atoms with Gasteiger partial charge in [-0.1, -0.05) is 23.7 Å². The molecular formula is C15H16ClN3O2. The monoisotopic (exact) mass is 305 g/mol. The standard InChI is InChI=1S/C15H16ClN3O2/c16-12-5-3-11(4-6-12)10-19-13-2-1-8-17-15(13)18-9-7-14(20)21/h1-6,8,19H,7,9-10H2,(H,17,18)(H,20,21). The molecule has 0 atom stereocenters. The molecule has 0 aliphatic rings. The lowest BCUT2D eigenvalue weighted by atomic mass is 10.2. The lowest BCUT2D eigenvalue weighted by molar-refractivity contribution is -0.136. The van der Waals surface area contributed by atoms with Crippen molar-refractivity contribution in [2.24, 2.45) is 0 Å². The average molecular weight is 306 g/mol. The molecule has 6 heteroatoms. The van der Waals surface area contributed by atoms with Gasteiger partial charge in [0.05, 0.1) is 12.1 Å². The number of halogens is 1. The van der Waals surface area contributed by atoms with E-state index in [4.69, 9.17) is 16.7 Å². The summed E-state index contributed by atoms with van der Waals surface area (Å²) in [6, 6.07) is 11.3. The molecule has 0 bridgehead atoms. The number of carboxylic acids is 1. The van der Waals surface area contributed by atoms with Crippen LogP contribution in [0.2, 0.25) is 5.02 Å². The van der Waals surface area contributed by atoms with Crippen molar-refractivity contribution < 1.29 is 9.90 Å². The summed E-state index contributed by atoms with van der Waals surface area (Å²) in [5.41, 5.74) is 1.93. The van der Waals surface area contributed by atoms with Crippen LogP contribution in [0.3, 0.4) is 0 Å². The second-order valence-electron chi connectivity index (χ2n) is 4.45. The molecule has 1 heterocycles. The van der Waals surface area contributed by atoms with Crippen molar-refractivity contribution in [3.8, 4) is 0 Å². The highest BCUT2D eigenvalue weighted by Crippen LogP contribution is 2.19. The zero-order valence-corrected chi connectivity index (χ0v) is 12.1. The number of rotatable bonds is 7. The number of nitrogens with one attached hydrogen (secondary N) is 2. The number of pyridine rings is 1. The second-order valence-corrected chi connectivity index (χ2v) is 4.89. The van der Waals surface area contributed by atoms with E-state index < -0.39 is 5.97 Å². The zero-order valence-electron chi connectivity index (χ0n) is 11.3. The number of carboxylic acid groups (broad SMARTS) is 1. The first-order chi connectivity index (χ1) is 10.1. The number of nitrogens with zero attached hydrogens (tertiary/aromatic N) is 1. The van der Waals surface area contributed by atoms with Crippen LogP contribution in [0.15, 0.2) is 42.6 Å². The minimum Gasteiger partial charge on any atom is -0.481 e.